The fourth-order valence-corrected chi connectivity index (χ4v) is 5.06. The van der Waals surface area contributed by atoms with Gasteiger partial charge in [0, 0.05) is 24.4 Å². The lowest BCUT2D eigenvalue weighted by Gasteiger charge is -2.43. The van der Waals surface area contributed by atoms with Crippen molar-refractivity contribution < 1.29 is 9.84 Å². The Balaban J connectivity index is 1.67. The minimum atomic E-state index is 0.177. The van der Waals surface area contributed by atoms with Crippen molar-refractivity contribution in [3.05, 3.63) is 0 Å². The predicted molar refractivity (Wildman–Crippen MR) is 70.5 cm³/mol. The molecule has 1 spiro atoms. The second-order valence-corrected chi connectivity index (χ2v) is 6.80. The van der Waals surface area contributed by atoms with E-state index >= 15 is 0 Å². The molecule has 3 rings (SSSR count). The van der Waals surface area contributed by atoms with E-state index in [-0.39, 0.29) is 5.60 Å². The molecule has 0 aliphatic carbocycles. The maximum absolute atomic E-state index is 9.45. The molecule has 3 aliphatic heterocycles. The lowest BCUT2D eigenvalue weighted by Crippen LogP contribution is -2.50. The molecule has 4 heteroatoms. The molecule has 3 atom stereocenters. The van der Waals surface area contributed by atoms with Crippen LogP contribution in [0.15, 0.2) is 0 Å². The van der Waals surface area contributed by atoms with Crippen molar-refractivity contribution in [2.24, 2.45) is 0 Å². The molecule has 0 aromatic carbocycles. The van der Waals surface area contributed by atoms with Gasteiger partial charge >= 0.3 is 0 Å². The van der Waals surface area contributed by atoms with Crippen molar-refractivity contribution in [3.8, 4) is 0 Å². The summed E-state index contributed by atoms with van der Waals surface area (Å²) in [4.78, 5) is 2.56. The van der Waals surface area contributed by atoms with E-state index in [9.17, 15) is 5.11 Å². The molecule has 3 saturated heterocycles. The first-order chi connectivity index (χ1) is 8.33. The number of thioether (sulfide) groups is 1. The number of aliphatic hydroxyl groups excluding tert-OH is 1. The van der Waals surface area contributed by atoms with Crippen LogP contribution in [0.4, 0.5) is 0 Å². The van der Waals surface area contributed by atoms with Crippen LogP contribution < -0.4 is 0 Å². The summed E-state index contributed by atoms with van der Waals surface area (Å²) in [5.74, 6) is 2.44. The second-order valence-electron chi connectivity index (χ2n) is 5.70. The summed E-state index contributed by atoms with van der Waals surface area (Å²) in [6.07, 6.45) is 6.01. The summed E-state index contributed by atoms with van der Waals surface area (Å²) in [5, 5.41) is 9.45. The molecule has 3 heterocycles. The second kappa shape index (κ2) is 5.08. The fraction of sp³-hybridized carbons (Fsp3) is 1.00. The van der Waals surface area contributed by atoms with Crippen LogP contribution in [0.3, 0.4) is 0 Å². The normalized spacial score (nSPS) is 43.6. The van der Waals surface area contributed by atoms with Gasteiger partial charge in [-0.2, -0.15) is 11.8 Å². The highest BCUT2D eigenvalue weighted by atomic mass is 32.2. The number of aliphatic hydroxyl groups is 1. The van der Waals surface area contributed by atoms with E-state index in [0.717, 1.165) is 13.0 Å². The van der Waals surface area contributed by atoms with E-state index in [1.54, 1.807) is 0 Å². The summed E-state index contributed by atoms with van der Waals surface area (Å²) >= 11 is 2.04. The number of ether oxygens (including phenoxy) is 1. The molecule has 0 amide bonds. The third kappa shape index (κ3) is 2.37. The third-order valence-electron chi connectivity index (χ3n) is 4.64. The maximum atomic E-state index is 9.45. The zero-order chi connectivity index (χ0) is 11.7. The molecular formula is C13H23NO2S. The van der Waals surface area contributed by atoms with E-state index in [1.165, 1.54) is 43.7 Å². The standard InChI is InChI=1S/C13H23NO2S/c15-9-12-2-1-5-14(12)11-3-6-16-13(8-11)4-7-17-10-13/h11-12,15H,1-10H2. The van der Waals surface area contributed by atoms with E-state index in [2.05, 4.69) is 4.90 Å². The largest absolute Gasteiger partial charge is 0.395 e. The van der Waals surface area contributed by atoms with Gasteiger partial charge in [0.15, 0.2) is 0 Å². The lowest BCUT2D eigenvalue weighted by atomic mass is 9.89. The zero-order valence-corrected chi connectivity index (χ0v) is 11.3. The van der Waals surface area contributed by atoms with Crippen molar-refractivity contribution in [3.63, 3.8) is 0 Å². The van der Waals surface area contributed by atoms with Crippen LogP contribution in [0.1, 0.15) is 32.1 Å². The Labute approximate surface area is 108 Å². The van der Waals surface area contributed by atoms with Crippen molar-refractivity contribution in [2.75, 3.05) is 31.3 Å². The molecule has 0 bridgehead atoms. The Morgan fingerprint density at radius 3 is 3.12 bits per heavy atom. The molecule has 0 radical (unpaired) electrons. The van der Waals surface area contributed by atoms with Gasteiger partial charge in [-0.25, -0.2) is 0 Å². The van der Waals surface area contributed by atoms with Gasteiger partial charge < -0.3 is 9.84 Å². The first kappa shape index (κ1) is 12.3. The Kier molecular flexibility index (Phi) is 3.67. The van der Waals surface area contributed by atoms with Crippen molar-refractivity contribution in [1.82, 2.24) is 4.90 Å². The molecular weight excluding hydrogens is 234 g/mol. The minimum absolute atomic E-state index is 0.177. The van der Waals surface area contributed by atoms with Gasteiger partial charge in [0.25, 0.3) is 0 Å². The number of nitrogens with zero attached hydrogens (tertiary/aromatic N) is 1. The molecule has 1 N–H and O–H groups in total. The highest BCUT2D eigenvalue weighted by molar-refractivity contribution is 7.99. The topological polar surface area (TPSA) is 32.7 Å². The van der Waals surface area contributed by atoms with E-state index in [4.69, 9.17) is 4.74 Å². The molecule has 3 nitrogen and oxygen atoms in total. The van der Waals surface area contributed by atoms with Gasteiger partial charge in [-0.3, -0.25) is 4.90 Å². The molecule has 98 valence electrons. The smallest absolute Gasteiger partial charge is 0.0795 e. The summed E-state index contributed by atoms with van der Waals surface area (Å²) in [6.45, 7) is 2.43. The summed E-state index contributed by atoms with van der Waals surface area (Å²) < 4.78 is 6.08. The Bertz CT molecular complexity index is 268. The first-order valence-corrected chi connectivity index (χ1v) is 8.07. The van der Waals surface area contributed by atoms with Gasteiger partial charge in [0.1, 0.15) is 0 Å². The van der Waals surface area contributed by atoms with Crippen LogP contribution in [-0.4, -0.2) is 59.0 Å². The Morgan fingerprint density at radius 2 is 2.35 bits per heavy atom. The highest BCUT2D eigenvalue weighted by Gasteiger charge is 2.43. The number of hydrogen-bond donors (Lipinski definition) is 1. The van der Waals surface area contributed by atoms with Crippen molar-refractivity contribution in [2.45, 2.75) is 49.8 Å². The lowest BCUT2D eigenvalue weighted by molar-refractivity contribution is -0.0931. The van der Waals surface area contributed by atoms with Crippen molar-refractivity contribution in [1.29, 1.82) is 0 Å². The van der Waals surface area contributed by atoms with Gasteiger partial charge in [0.05, 0.1) is 12.2 Å². The van der Waals surface area contributed by atoms with Gasteiger partial charge in [-0.05, 0) is 44.4 Å². The number of likely N-dealkylation sites (tertiary alicyclic amines) is 1. The first-order valence-electron chi connectivity index (χ1n) is 6.91. The molecule has 3 aliphatic rings. The van der Waals surface area contributed by atoms with Crippen molar-refractivity contribution >= 4 is 11.8 Å². The number of hydrogen-bond acceptors (Lipinski definition) is 4. The van der Waals surface area contributed by atoms with Crippen LogP contribution in [0.5, 0.6) is 0 Å². The zero-order valence-electron chi connectivity index (χ0n) is 10.4. The van der Waals surface area contributed by atoms with E-state index in [0.29, 0.717) is 18.7 Å². The Morgan fingerprint density at radius 1 is 1.41 bits per heavy atom. The van der Waals surface area contributed by atoms with Crippen LogP contribution in [-0.2, 0) is 4.74 Å². The quantitative estimate of drug-likeness (QED) is 0.812. The number of rotatable bonds is 2. The SMILES string of the molecule is OCC1CCCN1C1CCOC2(CCSC2)C1. The monoisotopic (exact) mass is 257 g/mol. The van der Waals surface area contributed by atoms with Crippen LogP contribution in [0, 0.1) is 0 Å². The Hall–Kier alpha value is 0.230. The van der Waals surface area contributed by atoms with Crippen LogP contribution in [0.2, 0.25) is 0 Å². The minimum Gasteiger partial charge on any atom is -0.395 e. The van der Waals surface area contributed by atoms with E-state index < -0.39 is 0 Å². The highest BCUT2D eigenvalue weighted by Crippen LogP contribution is 2.40. The average Bonchev–Trinajstić information content (AvgIpc) is 2.98. The summed E-state index contributed by atoms with van der Waals surface area (Å²) in [7, 11) is 0. The van der Waals surface area contributed by atoms with Crippen LogP contribution in [0.25, 0.3) is 0 Å². The third-order valence-corrected chi connectivity index (χ3v) is 5.86. The van der Waals surface area contributed by atoms with Gasteiger partial charge in [-0.15, -0.1) is 0 Å². The van der Waals surface area contributed by atoms with Crippen LogP contribution >= 0.6 is 11.8 Å². The maximum Gasteiger partial charge on any atom is 0.0795 e. The van der Waals surface area contributed by atoms with E-state index in [1.807, 2.05) is 11.8 Å². The molecule has 0 saturated carbocycles. The molecule has 0 aromatic rings. The van der Waals surface area contributed by atoms with Gasteiger partial charge in [-0.1, -0.05) is 0 Å². The summed E-state index contributed by atoms with van der Waals surface area (Å²) in [5.41, 5.74) is 0.177. The molecule has 17 heavy (non-hydrogen) atoms. The molecule has 0 aromatic heterocycles. The molecule has 3 unspecified atom stereocenters. The fourth-order valence-electron chi connectivity index (χ4n) is 3.68. The average molecular weight is 257 g/mol. The summed E-state index contributed by atoms with van der Waals surface area (Å²) in [6, 6.07) is 1.08. The van der Waals surface area contributed by atoms with Gasteiger partial charge in [0.2, 0.25) is 0 Å². The predicted octanol–water partition coefficient (Wildman–Crippen LogP) is 1.50. The molecule has 3 fully saturated rings.